The van der Waals surface area contributed by atoms with Gasteiger partial charge in [-0.15, -0.1) is 0 Å². The van der Waals surface area contributed by atoms with E-state index in [0.29, 0.717) is 31.0 Å². The molecule has 1 aliphatic rings. The molecule has 118 valence electrons. The van der Waals surface area contributed by atoms with Crippen molar-refractivity contribution in [3.05, 3.63) is 40.8 Å². The van der Waals surface area contributed by atoms with E-state index in [9.17, 15) is 8.42 Å². The van der Waals surface area contributed by atoms with Gasteiger partial charge in [-0.3, -0.25) is 0 Å². The van der Waals surface area contributed by atoms with Crippen molar-refractivity contribution in [1.82, 2.24) is 9.46 Å². The summed E-state index contributed by atoms with van der Waals surface area (Å²) in [5.41, 5.74) is 2.53. The van der Waals surface area contributed by atoms with E-state index in [4.69, 9.17) is 9.26 Å². The quantitative estimate of drug-likeness (QED) is 0.865. The molecule has 2 aromatic rings. The maximum atomic E-state index is 12.8. The first kappa shape index (κ1) is 15.1. The fourth-order valence-corrected chi connectivity index (χ4v) is 4.52. The zero-order valence-electron chi connectivity index (χ0n) is 12.8. The van der Waals surface area contributed by atoms with Crippen LogP contribution in [0, 0.1) is 13.8 Å². The van der Waals surface area contributed by atoms with E-state index in [1.165, 1.54) is 4.31 Å². The van der Waals surface area contributed by atoms with Crippen LogP contribution in [0.15, 0.2) is 27.6 Å². The van der Waals surface area contributed by atoms with Gasteiger partial charge in [0.25, 0.3) is 0 Å². The second kappa shape index (κ2) is 5.40. The SMILES string of the molecule is COc1ccc2c(c1)CN(S(=O)(=O)c1c(C)noc1C)CC2. The lowest BCUT2D eigenvalue weighted by atomic mass is 10.0. The highest BCUT2D eigenvalue weighted by atomic mass is 32.2. The average molecular weight is 322 g/mol. The third-order valence-corrected chi connectivity index (χ3v) is 6.05. The first-order valence-electron chi connectivity index (χ1n) is 7.02. The Morgan fingerprint density at radius 1 is 1.27 bits per heavy atom. The van der Waals surface area contributed by atoms with Gasteiger partial charge in [-0.05, 0) is 43.5 Å². The molecule has 0 N–H and O–H groups in total. The van der Waals surface area contributed by atoms with Gasteiger partial charge >= 0.3 is 0 Å². The minimum atomic E-state index is -3.61. The maximum absolute atomic E-state index is 12.8. The molecule has 0 saturated heterocycles. The summed E-state index contributed by atoms with van der Waals surface area (Å²) in [5, 5.41) is 3.75. The smallest absolute Gasteiger partial charge is 0.248 e. The number of aryl methyl sites for hydroxylation is 2. The van der Waals surface area contributed by atoms with Crippen molar-refractivity contribution < 1.29 is 17.7 Å². The minimum Gasteiger partial charge on any atom is -0.497 e. The zero-order valence-corrected chi connectivity index (χ0v) is 13.6. The van der Waals surface area contributed by atoms with Crippen LogP contribution in [-0.2, 0) is 23.0 Å². The normalized spacial score (nSPS) is 15.6. The van der Waals surface area contributed by atoms with Gasteiger partial charge in [0.1, 0.15) is 16.3 Å². The molecule has 0 saturated carbocycles. The topological polar surface area (TPSA) is 72.6 Å². The van der Waals surface area contributed by atoms with Crippen LogP contribution in [0.1, 0.15) is 22.6 Å². The van der Waals surface area contributed by atoms with Crippen molar-refractivity contribution in [3.8, 4) is 5.75 Å². The molecular formula is C15H18N2O4S. The predicted molar refractivity (Wildman–Crippen MR) is 80.3 cm³/mol. The predicted octanol–water partition coefficient (Wildman–Crippen LogP) is 2.05. The Balaban J connectivity index is 1.97. The van der Waals surface area contributed by atoms with E-state index in [2.05, 4.69) is 5.16 Å². The minimum absolute atomic E-state index is 0.179. The highest BCUT2D eigenvalue weighted by Crippen LogP contribution is 2.29. The van der Waals surface area contributed by atoms with Crippen molar-refractivity contribution in [3.63, 3.8) is 0 Å². The molecule has 0 amide bonds. The molecule has 2 heterocycles. The summed E-state index contributed by atoms with van der Waals surface area (Å²) in [5.74, 6) is 1.06. The van der Waals surface area contributed by atoms with Gasteiger partial charge in [0.2, 0.25) is 10.0 Å². The van der Waals surface area contributed by atoms with Crippen molar-refractivity contribution in [1.29, 1.82) is 0 Å². The number of methoxy groups -OCH3 is 1. The lowest BCUT2D eigenvalue weighted by Gasteiger charge is -2.28. The van der Waals surface area contributed by atoms with Crippen LogP contribution < -0.4 is 4.74 Å². The number of aromatic nitrogens is 1. The second-order valence-corrected chi connectivity index (χ2v) is 7.25. The highest BCUT2D eigenvalue weighted by Gasteiger charge is 2.33. The van der Waals surface area contributed by atoms with Crippen LogP contribution in [-0.4, -0.2) is 31.5 Å². The summed E-state index contributed by atoms with van der Waals surface area (Å²) >= 11 is 0. The van der Waals surface area contributed by atoms with Gasteiger partial charge in [0.05, 0.1) is 7.11 Å². The number of sulfonamides is 1. The lowest BCUT2D eigenvalue weighted by molar-refractivity contribution is 0.379. The molecule has 0 atom stereocenters. The van der Waals surface area contributed by atoms with Gasteiger partial charge in [-0.25, -0.2) is 8.42 Å². The Morgan fingerprint density at radius 2 is 2.05 bits per heavy atom. The molecule has 7 heteroatoms. The zero-order chi connectivity index (χ0) is 15.9. The Kier molecular flexibility index (Phi) is 3.70. The Bertz CT molecular complexity index is 791. The number of rotatable bonds is 3. The van der Waals surface area contributed by atoms with Crippen LogP contribution >= 0.6 is 0 Å². The summed E-state index contributed by atoms with van der Waals surface area (Å²) in [6, 6.07) is 5.79. The van der Waals surface area contributed by atoms with Crippen LogP contribution in [0.25, 0.3) is 0 Å². The van der Waals surface area contributed by atoms with E-state index in [1.54, 1.807) is 21.0 Å². The lowest BCUT2D eigenvalue weighted by Crippen LogP contribution is -2.36. The molecule has 1 aliphatic heterocycles. The summed E-state index contributed by atoms with van der Waals surface area (Å²) in [4.78, 5) is 0.179. The third-order valence-electron chi connectivity index (χ3n) is 3.96. The van der Waals surface area contributed by atoms with E-state index in [1.807, 2.05) is 18.2 Å². The first-order chi connectivity index (χ1) is 10.4. The number of hydrogen-bond acceptors (Lipinski definition) is 5. The maximum Gasteiger partial charge on any atom is 0.248 e. The monoisotopic (exact) mass is 322 g/mol. The molecular weight excluding hydrogens is 304 g/mol. The average Bonchev–Trinajstić information content (AvgIpc) is 2.85. The number of fused-ring (bicyclic) bond motifs is 1. The van der Waals surface area contributed by atoms with Crippen LogP contribution in [0.4, 0.5) is 0 Å². The molecule has 22 heavy (non-hydrogen) atoms. The fourth-order valence-electron chi connectivity index (χ4n) is 2.81. The van der Waals surface area contributed by atoms with Gasteiger partial charge in [0.15, 0.2) is 5.76 Å². The number of nitrogens with zero attached hydrogens (tertiary/aromatic N) is 2. The number of ether oxygens (including phenoxy) is 1. The molecule has 0 fully saturated rings. The third kappa shape index (κ3) is 2.40. The molecule has 1 aromatic carbocycles. The van der Waals surface area contributed by atoms with E-state index in [0.717, 1.165) is 16.9 Å². The highest BCUT2D eigenvalue weighted by molar-refractivity contribution is 7.89. The Labute approximate surface area is 129 Å². The molecule has 0 unspecified atom stereocenters. The van der Waals surface area contributed by atoms with Crippen molar-refractivity contribution in [2.24, 2.45) is 0 Å². The van der Waals surface area contributed by atoms with Gasteiger partial charge < -0.3 is 9.26 Å². The first-order valence-corrected chi connectivity index (χ1v) is 8.46. The van der Waals surface area contributed by atoms with E-state index in [-0.39, 0.29) is 4.90 Å². The molecule has 1 aromatic heterocycles. The van der Waals surface area contributed by atoms with E-state index >= 15 is 0 Å². The van der Waals surface area contributed by atoms with Gasteiger partial charge in [0, 0.05) is 13.1 Å². The summed E-state index contributed by atoms with van der Waals surface area (Å²) in [6.07, 6.45) is 0.682. The number of hydrogen-bond donors (Lipinski definition) is 0. The van der Waals surface area contributed by atoms with Crippen LogP contribution in [0.2, 0.25) is 0 Å². The van der Waals surface area contributed by atoms with Gasteiger partial charge in [-0.1, -0.05) is 11.2 Å². The Hall–Kier alpha value is -1.86. The molecule has 3 rings (SSSR count). The fraction of sp³-hybridized carbons (Fsp3) is 0.400. The van der Waals surface area contributed by atoms with E-state index < -0.39 is 10.0 Å². The summed E-state index contributed by atoms with van der Waals surface area (Å²) < 4.78 is 37.4. The summed E-state index contributed by atoms with van der Waals surface area (Å²) in [6.45, 7) is 4.04. The largest absolute Gasteiger partial charge is 0.497 e. The van der Waals surface area contributed by atoms with Crippen molar-refractivity contribution >= 4 is 10.0 Å². The molecule has 6 nitrogen and oxygen atoms in total. The Morgan fingerprint density at radius 3 is 2.68 bits per heavy atom. The summed E-state index contributed by atoms with van der Waals surface area (Å²) in [7, 11) is -2.01. The van der Waals surface area contributed by atoms with Crippen molar-refractivity contribution in [2.45, 2.75) is 31.7 Å². The molecule has 0 radical (unpaired) electrons. The van der Waals surface area contributed by atoms with Crippen LogP contribution in [0.5, 0.6) is 5.75 Å². The van der Waals surface area contributed by atoms with Crippen LogP contribution in [0.3, 0.4) is 0 Å². The van der Waals surface area contributed by atoms with Crippen molar-refractivity contribution in [2.75, 3.05) is 13.7 Å². The number of benzene rings is 1. The molecule has 0 spiro atoms. The van der Waals surface area contributed by atoms with Gasteiger partial charge in [-0.2, -0.15) is 4.31 Å². The molecule has 0 aliphatic carbocycles. The standard InChI is InChI=1S/C15H18N2O4S/c1-10-15(11(2)21-16-10)22(18,19)17-7-6-12-4-5-14(20-3)8-13(12)9-17/h4-5,8H,6-7,9H2,1-3H3. The second-order valence-electron chi connectivity index (χ2n) is 5.38. The molecule has 0 bridgehead atoms.